The summed E-state index contributed by atoms with van der Waals surface area (Å²) in [7, 11) is 0. The Morgan fingerprint density at radius 2 is 1.94 bits per heavy atom. The molecule has 0 bridgehead atoms. The fraction of sp³-hybridized carbons (Fsp3) is 0.385. The second-order valence-corrected chi connectivity index (χ2v) is 4.52. The molecule has 1 saturated heterocycles. The second-order valence-electron chi connectivity index (χ2n) is 4.52. The molecule has 4 nitrogen and oxygen atoms in total. The summed E-state index contributed by atoms with van der Waals surface area (Å²) in [5.74, 6) is -0.188. The average Bonchev–Trinajstić information content (AvgIpc) is 2.63. The summed E-state index contributed by atoms with van der Waals surface area (Å²) in [4.78, 5) is 22.9. The summed E-state index contributed by atoms with van der Waals surface area (Å²) < 4.78 is 0. The largest absolute Gasteiger partial charge is 0.344 e. The number of rotatable bonds is 2. The van der Waals surface area contributed by atoms with Crippen LogP contribution in [0.3, 0.4) is 0 Å². The SMILES string of the molecule is Cc1cc(C)cc(NC(=O)[C@@H]2CCC(=O)N2)c1. The van der Waals surface area contributed by atoms with Gasteiger partial charge in [-0.25, -0.2) is 0 Å². The molecule has 17 heavy (non-hydrogen) atoms. The van der Waals surface area contributed by atoms with Crippen LogP contribution in [0.25, 0.3) is 0 Å². The summed E-state index contributed by atoms with van der Waals surface area (Å²) >= 11 is 0. The molecule has 2 rings (SSSR count). The summed E-state index contributed by atoms with van der Waals surface area (Å²) in [6.07, 6.45) is 1.01. The van der Waals surface area contributed by atoms with Gasteiger partial charge in [0.25, 0.3) is 0 Å². The van der Waals surface area contributed by atoms with Gasteiger partial charge >= 0.3 is 0 Å². The summed E-state index contributed by atoms with van der Waals surface area (Å²) in [6, 6.07) is 5.50. The van der Waals surface area contributed by atoms with Crippen LogP contribution >= 0.6 is 0 Å². The van der Waals surface area contributed by atoms with Crippen LogP contribution in [-0.4, -0.2) is 17.9 Å². The molecule has 90 valence electrons. The lowest BCUT2D eigenvalue weighted by Crippen LogP contribution is -2.37. The topological polar surface area (TPSA) is 58.2 Å². The van der Waals surface area contributed by atoms with Gasteiger partial charge in [-0.3, -0.25) is 9.59 Å². The van der Waals surface area contributed by atoms with Gasteiger partial charge in [0.1, 0.15) is 6.04 Å². The van der Waals surface area contributed by atoms with E-state index in [1.54, 1.807) is 0 Å². The number of benzene rings is 1. The fourth-order valence-corrected chi connectivity index (χ4v) is 2.09. The predicted molar refractivity (Wildman–Crippen MR) is 65.7 cm³/mol. The van der Waals surface area contributed by atoms with Crippen LogP contribution < -0.4 is 10.6 Å². The van der Waals surface area contributed by atoms with Crippen molar-refractivity contribution in [2.45, 2.75) is 32.7 Å². The lowest BCUT2D eigenvalue weighted by Gasteiger charge is -2.12. The monoisotopic (exact) mass is 232 g/mol. The highest BCUT2D eigenvalue weighted by Gasteiger charge is 2.27. The highest BCUT2D eigenvalue weighted by atomic mass is 16.2. The Bertz CT molecular complexity index is 448. The quantitative estimate of drug-likeness (QED) is 0.812. The molecular formula is C13H16N2O2. The van der Waals surface area contributed by atoms with E-state index in [1.807, 2.05) is 32.0 Å². The van der Waals surface area contributed by atoms with E-state index in [4.69, 9.17) is 0 Å². The maximum atomic E-state index is 11.9. The van der Waals surface area contributed by atoms with Gasteiger partial charge in [0, 0.05) is 12.1 Å². The van der Waals surface area contributed by atoms with E-state index in [2.05, 4.69) is 10.6 Å². The summed E-state index contributed by atoms with van der Waals surface area (Å²) in [5, 5.41) is 5.48. The molecule has 1 atom stereocenters. The third-order valence-electron chi connectivity index (χ3n) is 2.80. The molecule has 1 aliphatic heterocycles. The lowest BCUT2D eigenvalue weighted by atomic mass is 10.1. The van der Waals surface area contributed by atoms with Gasteiger partial charge < -0.3 is 10.6 Å². The molecule has 0 saturated carbocycles. The van der Waals surface area contributed by atoms with Gasteiger partial charge in [-0.05, 0) is 43.5 Å². The molecule has 1 fully saturated rings. The summed E-state index contributed by atoms with van der Waals surface area (Å²) in [5.41, 5.74) is 3.00. The number of carbonyl (C=O) groups excluding carboxylic acids is 2. The molecule has 2 amide bonds. The lowest BCUT2D eigenvalue weighted by molar-refractivity contribution is -0.122. The van der Waals surface area contributed by atoms with E-state index in [0.29, 0.717) is 12.8 Å². The Labute approximate surface area is 100 Å². The highest BCUT2D eigenvalue weighted by molar-refractivity contribution is 5.99. The van der Waals surface area contributed by atoms with Gasteiger partial charge in [-0.15, -0.1) is 0 Å². The van der Waals surface area contributed by atoms with Gasteiger partial charge in [0.2, 0.25) is 11.8 Å². The minimum absolute atomic E-state index is 0.0504. The number of aryl methyl sites for hydroxylation is 2. The smallest absolute Gasteiger partial charge is 0.246 e. The maximum absolute atomic E-state index is 11.9. The fourth-order valence-electron chi connectivity index (χ4n) is 2.09. The Hall–Kier alpha value is -1.84. The van der Waals surface area contributed by atoms with Crippen LogP contribution in [0.5, 0.6) is 0 Å². The van der Waals surface area contributed by atoms with Gasteiger partial charge in [0.15, 0.2) is 0 Å². The van der Waals surface area contributed by atoms with Crippen molar-refractivity contribution in [1.82, 2.24) is 5.32 Å². The number of hydrogen-bond acceptors (Lipinski definition) is 2. The van der Waals surface area contributed by atoms with Crippen molar-refractivity contribution in [3.63, 3.8) is 0 Å². The van der Waals surface area contributed by atoms with E-state index >= 15 is 0 Å². The molecule has 0 spiro atoms. The van der Waals surface area contributed by atoms with Crippen molar-refractivity contribution in [3.8, 4) is 0 Å². The first-order valence-corrected chi connectivity index (χ1v) is 5.73. The zero-order valence-corrected chi connectivity index (χ0v) is 10.0. The van der Waals surface area contributed by atoms with E-state index in [9.17, 15) is 9.59 Å². The predicted octanol–water partition coefficient (Wildman–Crippen LogP) is 1.52. The van der Waals surface area contributed by atoms with Crippen LogP contribution in [0.15, 0.2) is 18.2 Å². The Balaban J connectivity index is 2.05. The average molecular weight is 232 g/mol. The summed E-state index contributed by atoms with van der Waals surface area (Å²) in [6.45, 7) is 3.97. The van der Waals surface area contributed by atoms with Crippen molar-refractivity contribution >= 4 is 17.5 Å². The molecule has 1 aromatic rings. The number of carbonyl (C=O) groups is 2. The Morgan fingerprint density at radius 3 is 2.47 bits per heavy atom. The maximum Gasteiger partial charge on any atom is 0.246 e. The zero-order chi connectivity index (χ0) is 12.4. The molecule has 1 heterocycles. The van der Waals surface area contributed by atoms with Crippen LogP contribution in [0, 0.1) is 13.8 Å². The van der Waals surface area contributed by atoms with Crippen LogP contribution in [0.2, 0.25) is 0 Å². The highest BCUT2D eigenvalue weighted by Crippen LogP contribution is 2.15. The van der Waals surface area contributed by atoms with E-state index in [-0.39, 0.29) is 17.9 Å². The van der Waals surface area contributed by atoms with Crippen molar-refractivity contribution < 1.29 is 9.59 Å². The zero-order valence-electron chi connectivity index (χ0n) is 10.0. The molecule has 4 heteroatoms. The Kier molecular flexibility index (Phi) is 3.13. The third-order valence-corrected chi connectivity index (χ3v) is 2.80. The normalized spacial score (nSPS) is 18.9. The van der Waals surface area contributed by atoms with E-state index in [1.165, 1.54) is 0 Å². The van der Waals surface area contributed by atoms with Crippen LogP contribution in [-0.2, 0) is 9.59 Å². The molecule has 2 N–H and O–H groups in total. The molecule has 0 aliphatic carbocycles. The minimum atomic E-state index is -0.386. The third kappa shape index (κ3) is 2.84. The second kappa shape index (κ2) is 4.57. The molecule has 0 aromatic heterocycles. The van der Waals surface area contributed by atoms with Crippen LogP contribution in [0.1, 0.15) is 24.0 Å². The van der Waals surface area contributed by atoms with Gasteiger partial charge in [-0.2, -0.15) is 0 Å². The first kappa shape index (κ1) is 11.6. The standard InChI is InChI=1S/C13H16N2O2/c1-8-5-9(2)7-10(6-8)14-13(17)11-3-4-12(16)15-11/h5-7,11H,3-4H2,1-2H3,(H,14,17)(H,15,16)/t11-/m0/s1. The number of nitrogens with one attached hydrogen (secondary N) is 2. The first-order valence-electron chi connectivity index (χ1n) is 5.73. The number of amides is 2. The van der Waals surface area contributed by atoms with Crippen molar-refractivity contribution in [3.05, 3.63) is 29.3 Å². The van der Waals surface area contributed by atoms with Crippen molar-refractivity contribution in [2.75, 3.05) is 5.32 Å². The van der Waals surface area contributed by atoms with Crippen molar-refractivity contribution in [2.24, 2.45) is 0 Å². The molecule has 0 radical (unpaired) electrons. The number of hydrogen-bond donors (Lipinski definition) is 2. The Morgan fingerprint density at radius 1 is 1.29 bits per heavy atom. The molecule has 1 aromatic carbocycles. The van der Waals surface area contributed by atoms with Crippen LogP contribution in [0.4, 0.5) is 5.69 Å². The van der Waals surface area contributed by atoms with Crippen molar-refractivity contribution in [1.29, 1.82) is 0 Å². The molecular weight excluding hydrogens is 216 g/mol. The van der Waals surface area contributed by atoms with Gasteiger partial charge in [0.05, 0.1) is 0 Å². The van der Waals surface area contributed by atoms with E-state index < -0.39 is 0 Å². The first-order chi connectivity index (χ1) is 8.04. The minimum Gasteiger partial charge on any atom is -0.344 e. The molecule has 0 unspecified atom stereocenters. The molecule has 1 aliphatic rings. The van der Waals surface area contributed by atoms with Gasteiger partial charge in [-0.1, -0.05) is 6.07 Å². The van der Waals surface area contributed by atoms with E-state index in [0.717, 1.165) is 16.8 Å². The number of anilines is 1.